The minimum atomic E-state index is -4.29. The standard InChI is InChI=1S/C17H16F3N3O3S/c1-11-8-12(23(25)26)6-7-13(11)22-16(24)9-21-14-4-2-3-5-15(14)27-10-17(18,19)20/h2-8,21H,9-10H2,1H3,(H,22,24). The molecule has 0 radical (unpaired) electrons. The van der Waals surface area contributed by atoms with E-state index in [1.165, 1.54) is 24.3 Å². The van der Waals surface area contributed by atoms with Crippen molar-refractivity contribution in [2.24, 2.45) is 0 Å². The van der Waals surface area contributed by atoms with Crippen LogP contribution in [-0.2, 0) is 4.79 Å². The number of carbonyl (C=O) groups is 1. The average molecular weight is 399 g/mol. The summed E-state index contributed by atoms with van der Waals surface area (Å²) in [5, 5.41) is 16.2. The fourth-order valence-corrected chi connectivity index (χ4v) is 2.96. The Morgan fingerprint density at radius 1 is 1.19 bits per heavy atom. The summed E-state index contributed by atoms with van der Waals surface area (Å²) in [5.41, 5.74) is 1.28. The lowest BCUT2D eigenvalue weighted by Crippen LogP contribution is -2.22. The van der Waals surface area contributed by atoms with Crippen molar-refractivity contribution in [2.45, 2.75) is 18.0 Å². The van der Waals surface area contributed by atoms with Crippen LogP contribution in [-0.4, -0.2) is 29.3 Å². The molecular formula is C17H16F3N3O3S. The van der Waals surface area contributed by atoms with E-state index in [0.29, 0.717) is 33.6 Å². The van der Waals surface area contributed by atoms with E-state index in [4.69, 9.17) is 0 Å². The van der Waals surface area contributed by atoms with Gasteiger partial charge in [0.05, 0.1) is 17.2 Å². The lowest BCUT2D eigenvalue weighted by atomic mass is 10.2. The Morgan fingerprint density at radius 2 is 1.89 bits per heavy atom. The van der Waals surface area contributed by atoms with Gasteiger partial charge >= 0.3 is 6.18 Å². The number of nitrogens with one attached hydrogen (secondary N) is 2. The van der Waals surface area contributed by atoms with Gasteiger partial charge < -0.3 is 10.6 Å². The first kappa shape index (κ1) is 20.6. The maximum Gasteiger partial charge on any atom is 0.398 e. The Kier molecular flexibility index (Phi) is 6.67. The monoisotopic (exact) mass is 399 g/mol. The summed E-state index contributed by atoms with van der Waals surface area (Å²) in [7, 11) is 0. The second-order valence-corrected chi connectivity index (χ2v) is 6.58. The molecule has 0 aliphatic heterocycles. The van der Waals surface area contributed by atoms with E-state index in [2.05, 4.69) is 10.6 Å². The summed E-state index contributed by atoms with van der Waals surface area (Å²) in [6, 6.07) is 10.4. The van der Waals surface area contributed by atoms with Crippen molar-refractivity contribution in [1.29, 1.82) is 0 Å². The Labute approximate surface area is 157 Å². The number of alkyl halides is 3. The van der Waals surface area contributed by atoms with Gasteiger partial charge in [0.15, 0.2) is 0 Å². The number of nitro groups is 1. The molecule has 0 aromatic heterocycles. The third-order valence-corrected chi connectivity index (χ3v) is 4.55. The summed E-state index contributed by atoms with van der Waals surface area (Å²) in [6.07, 6.45) is -4.29. The number of para-hydroxylation sites is 1. The fourth-order valence-electron chi connectivity index (χ4n) is 2.17. The number of nitrogens with zero attached hydrogens (tertiary/aromatic N) is 1. The number of amides is 1. The Balaban J connectivity index is 1.97. The van der Waals surface area contributed by atoms with Crippen molar-refractivity contribution in [3.63, 3.8) is 0 Å². The minimum Gasteiger partial charge on any atom is -0.375 e. The molecule has 0 spiro atoms. The number of thioether (sulfide) groups is 1. The van der Waals surface area contributed by atoms with E-state index < -0.39 is 22.8 Å². The lowest BCUT2D eigenvalue weighted by Gasteiger charge is -2.13. The van der Waals surface area contributed by atoms with Gasteiger partial charge in [0.1, 0.15) is 0 Å². The second-order valence-electron chi connectivity index (χ2n) is 5.56. The molecule has 0 atom stereocenters. The van der Waals surface area contributed by atoms with Crippen LogP contribution < -0.4 is 10.6 Å². The van der Waals surface area contributed by atoms with Gasteiger partial charge in [-0.05, 0) is 30.7 Å². The molecule has 0 bridgehead atoms. The number of hydrogen-bond acceptors (Lipinski definition) is 5. The molecule has 6 nitrogen and oxygen atoms in total. The van der Waals surface area contributed by atoms with E-state index in [-0.39, 0.29) is 12.2 Å². The molecule has 0 heterocycles. The molecular weight excluding hydrogens is 383 g/mol. The molecule has 0 aliphatic rings. The smallest absolute Gasteiger partial charge is 0.375 e. The molecule has 2 aromatic rings. The van der Waals surface area contributed by atoms with E-state index in [0.717, 1.165) is 0 Å². The second kappa shape index (κ2) is 8.76. The van der Waals surface area contributed by atoms with Crippen molar-refractivity contribution >= 4 is 34.7 Å². The van der Waals surface area contributed by atoms with Crippen LogP contribution in [0.4, 0.5) is 30.2 Å². The van der Waals surface area contributed by atoms with Crippen LogP contribution in [0.3, 0.4) is 0 Å². The zero-order chi connectivity index (χ0) is 20.0. The molecule has 2 aromatic carbocycles. The Morgan fingerprint density at radius 3 is 2.52 bits per heavy atom. The number of nitro benzene ring substituents is 1. The number of carbonyl (C=O) groups excluding carboxylic acids is 1. The number of non-ortho nitro benzene ring substituents is 1. The van der Waals surface area contributed by atoms with Crippen molar-refractivity contribution < 1.29 is 22.9 Å². The van der Waals surface area contributed by atoms with Crippen LogP contribution in [0.1, 0.15) is 5.56 Å². The van der Waals surface area contributed by atoms with E-state index in [1.54, 1.807) is 25.1 Å². The SMILES string of the molecule is Cc1cc([N+](=O)[O-])ccc1NC(=O)CNc1ccccc1SCC(F)(F)F. The van der Waals surface area contributed by atoms with Gasteiger partial charge in [-0.1, -0.05) is 12.1 Å². The first-order chi connectivity index (χ1) is 12.7. The van der Waals surface area contributed by atoms with E-state index >= 15 is 0 Å². The lowest BCUT2D eigenvalue weighted by molar-refractivity contribution is -0.384. The zero-order valence-corrected chi connectivity index (χ0v) is 15.0. The van der Waals surface area contributed by atoms with Crippen molar-refractivity contribution in [2.75, 3.05) is 22.9 Å². The zero-order valence-electron chi connectivity index (χ0n) is 14.2. The van der Waals surface area contributed by atoms with Crippen LogP contribution >= 0.6 is 11.8 Å². The minimum absolute atomic E-state index is 0.0840. The molecule has 2 N–H and O–H groups in total. The maximum absolute atomic E-state index is 12.4. The number of anilines is 2. The van der Waals surface area contributed by atoms with Gasteiger partial charge in [0.25, 0.3) is 5.69 Å². The van der Waals surface area contributed by atoms with Gasteiger partial charge in [0.2, 0.25) is 5.91 Å². The Hall–Kier alpha value is -2.75. The van der Waals surface area contributed by atoms with Gasteiger partial charge in [-0.25, -0.2) is 0 Å². The highest BCUT2D eigenvalue weighted by Crippen LogP contribution is 2.32. The number of rotatable bonds is 7. The van der Waals surface area contributed by atoms with Gasteiger partial charge in [0, 0.05) is 28.4 Å². The fraction of sp³-hybridized carbons (Fsp3) is 0.235. The van der Waals surface area contributed by atoms with Crippen molar-refractivity contribution in [1.82, 2.24) is 0 Å². The van der Waals surface area contributed by atoms with Crippen LogP contribution in [0, 0.1) is 17.0 Å². The van der Waals surface area contributed by atoms with Gasteiger partial charge in [-0.2, -0.15) is 13.2 Å². The van der Waals surface area contributed by atoms with Gasteiger partial charge in [-0.3, -0.25) is 14.9 Å². The highest BCUT2D eigenvalue weighted by Gasteiger charge is 2.27. The molecule has 2 rings (SSSR count). The topological polar surface area (TPSA) is 84.3 Å². The van der Waals surface area contributed by atoms with Crippen LogP contribution in [0.25, 0.3) is 0 Å². The normalized spacial score (nSPS) is 11.1. The number of hydrogen-bond donors (Lipinski definition) is 2. The summed E-state index contributed by atoms with van der Waals surface area (Å²) >= 11 is 0.633. The highest BCUT2D eigenvalue weighted by molar-refractivity contribution is 7.99. The van der Waals surface area contributed by atoms with Gasteiger partial charge in [-0.15, -0.1) is 11.8 Å². The largest absolute Gasteiger partial charge is 0.398 e. The highest BCUT2D eigenvalue weighted by atomic mass is 32.2. The number of aryl methyl sites for hydroxylation is 1. The van der Waals surface area contributed by atoms with Crippen molar-refractivity contribution in [3.05, 3.63) is 58.1 Å². The van der Waals surface area contributed by atoms with Crippen LogP contribution in [0.2, 0.25) is 0 Å². The van der Waals surface area contributed by atoms with E-state index in [9.17, 15) is 28.1 Å². The summed E-state index contributed by atoms with van der Waals surface area (Å²) in [6.45, 7) is 1.46. The Bertz CT molecular complexity index is 844. The molecule has 0 unspecified atom stereocenters. The molecule has 0 aliphatic carbocycles. The first-order valence-corrected chi connectivity index (χ1v) is 8.71. The van der Waals surface area contributed by atoms with Crippen LogP contribution in [0.5, 0.6) is 0 Å². The van der Waals surface area contributed by atoms with E-state index in [1.807, 2.05) is 0 Å². The predicted octanol–water partition coefficient (Wildman–Crippen LogP) is 4.61. The third kappa shape index (κ3) is 6.48. The summed E-state index contributed by atoms with van der Waals surface area (Å²) in [5.74, 6) is -1.46. The molecule has 10 heteroatoms. The average Bonchev–Trinajstić information content (AvgIpc) is 2.59. The molecule has 144 valence electrons. The molecule has 0 saturated heterocycles. The first-order valence-electron chi connectivity index (χ1n) is 7.73. The molecule has 27 heavy (non-hydrogen) atoms. The number of halogens is 3. The third-order valence-electron chi connectivity index (χ3n) is 3.41. The summed E-state index contributed by atoms with van der Waals surface area (Å²) in [4.78, 5) is 22.7. The maximum atomic E-state index is 12.4. The molecule has 0 saturated carbocycles. The molecule has 1 amide bonds. The predicted molar refractivity (Wildman–Crippen MR) is 98.2 cm³/mol. The quantitative estimate of drug-likeness (QED) is 0.404. The molecule has 0 fully saturated rings. The number of benzene rings is 2. The van der Waals surface area contributed by atoms with Crippen molar-refractivity contribution in [3.8, 4) is 0 Å². The van der Waals surface area contributed by atoms with Crippen LogP contribution in [0.15, 0.2) is 47.4 Å². The summed E-state index contributed by atoms with van der Waals surface area (Å²) < 4.78 is 37.2.